The first-order valence-electron chi connectivity index (χ1n) is 18.8. The number of thiophene rings is 1. The zero-order chi connectivity index (χ0) is 41.2. The van der Waals surface area contributed by atoms with E-state index in [1.54, 1.807) is 74.5 Å². The van der Waals surface area contributed by atoms with E-state index in [-0.39, 0.29) is 18.2 Å². The fourth-order valence-electron chi connectivity index (χ4n) is 6.71. The second-order valence-corrected chi connectivity index (χ2v) is 15.9. The number of ether oxygens (including phenoxy) is 4. The summed E-state index contributed by atoms with van der Waals surface area (Å²) in [6.45, 7) is 3.78. The van der Waals surface area contributed by atoms with Gasteiger partial charge in [-0.1, -0.05) is 54.6 Å². The maximum absolute atomic E-state index is 13.9. The standard InChI is InChI=1S/C45H45N3O8S2/c1-6-56-45(52)39-34-21-20-31(29-14-9-7-10-15-29)25-38(34)58-44(39)48-41(49)27(2)57-33-19-13-18-32(26-33)46-43(51)35(47-42(50)30-16-11-8-12-17-30)22-28-23-36(53-3)40(55-5)37(24-28)54-4/h7-19,22-24,26-27,31H,6,20-21,25H2,1-5H3,(H,46,51)(H,47,50)(H,48,49)/b35-22+. The Balaban J connectivity index is 1.19. The van der Waals surface area contributed by atoms with Crippen LogP contribution in [0.2, 0.25) is 0 Å². The fraction of sp³-hybridized carbons (Fsp3) is 0.244. The van der Waals surface area contributed by atoms with Gasteiger partial charge in [0.15, 0.2) is 11.5 Å². The van der Waals surface area contributed by atoms with Crippen molar-refractivity contribution in [2.45, 2.75) is 49.2 Å². The number of amides is 3. The van der Waals surface area contributed by atoms with E-state index in [0.29, 0.717) is 61.9 Å². The molecule has 5 aromatic rings. The molecule has 13 heteroatoms. The zero-order valence-electron chi connectivity index (χ0n) is 32.9. The highest BCUT2D eigenvalue weighted by molar-refractivity contribution is 8.00. The molecule has 0 fully saturated rings. The van der Waals surface area contributed by atoms with Crippen molar-refractivity contribution in [1.29, 1.82) is 0 Å². The molecule has 1 aromatic heterocycles. The van der Waals surface area contributed by atoms with Crippen molar-refractivity contribution in [2.75, 3.05) is 38.6 Å². The summed E-state index contributed by atoms with van der Waals surface area (Å²) in [5, 5.41) is 8.59. The van der Waals surface area contributed by atoms with Crippen molar-refractivity contribution in [3.8, 4) is 17.2 Å². The molecule has 0 spiro atoms. The lowest BCUT2D eigenvalue weighted by atomic mass is 9.83. The minimum atomic E-state index is -0.589. The molecule has 3 amide bonds. The lowest BCUT2D eigenvalue weighted by Crippen LogP contribution is -2.30. The van der Waals surface area contributed by atoms with Crippen molar-refractivity contribution in [3.63, 3.8) is 0 Å². The molecule has 1 aliphatic carbocycles. The highest BCUT2D eigenvalue weighted by Gasteiger charge is 2.31. The van der Waals surface area contributed by atoms with Gasteiger partial charge < -0.3 is 34.9 Å². The summed E-state index contributed by atoms with van der Waals surface area (Å²) in [6, 6.07) is 29.3. The van der Waals surface area contributed by atoms with Gasteiger partial charge in [0.25, 0.3) is 11.8 Å². The van der Waals surface area contributed by atoms with Gasteiger partial charge in [-0.05, 0) is 104 Å². The molecular weight excluding hydrogens is 775 g/mol. The van der Waals surface area contributed by atoms with E-state index in [1.807, 2.05) is 24.3 Å². The molecule has 11 nitrogen and oxygen atoms in total. The number of hydrogen-bond donors (Lipinski definition) is 3. The van der Waals surface area contributed by atoms with E-state index in [0.717, 1.165) is 23.3 Å². The number of anilines is 2. The Labute approximate surface area is 346 Å². The second-order valence-electron chi connectivity index (χ2n) is 13.3. The van der Waals surface area contributed by atoms with Gasteiger partial charge in [0.05, 0.1) is 38.7 Å². The molecule has 58 heavy (non-hydrogen) atoms. The van der Waals surface area contributed by atoms with Crippen molar-refractivity contribution in [1.82, 2.24) is 5.32 Å². The first-order valence-corrected chi connectivity index (χ1v) is 20.5. The molecule has 2 atom stereocenters. The molecule has 6 rings (SSSR count). The quantitative estimate of drug-likeness (QED) is 0.0537. The predicted octanol–water partition coefficient (Wildman–Crippen LogP) is 8.75. The molecule has 2 unspecified atom stereocenters. The fourth-order valence-corrected chi connectivity index (χ4v) is 8.96. The SMILES string of the molecule is CCOC(=O)c1c(NC(=O)C(C)Sc2cccc(NC(=O)/C(=C\c3cc(OC)c(OC)c(OC)c3)NC(=O)c3ccccc3)c2)sc2c1CCC(c1ccccc1)C2. The van der Waals surface area contributed by atoms with E-state index >= 15 is 0 Å². The summed E-state index contributed by atoms with van der Waals surface area (Å²) in [7, 11) is 4.47. The largest absolute Gasteiger partial charge is 0.493 e. The number of benzene rings is 4. The Kier molecular flexibility index (Phi) is 13.9. The Bertz CT molecular complexity index is 2280. The summed E-state index contributed by atoms with van der Waals surface area (Å²) in [6.07, 6.45) is 3.91. The van der Waals surface area contributed by atoms with Crippen molar-refractivity contribution < 1.29 is 38.1 Å². The summed E-state index contributed by atoms with van der Waals surface area (Å²) in [4.78, 5) is 55.9. The summed E-state index contributed by atoms with van der Waals surface area (Å²) < 4.78 is 21.9. The average Bonchev–Trinajstić information content (AvgIpc) is 3.60. The van der Waals surface area contributed by atoms with Crippen LogP contribution in [-0.2, 0) is 27.2 Å². The number of rotatable bonds is 15. The molecule has 0 saturated heterocycles. The summed E-state index contributed by atoms with van der Waals surface area (Å²) in [5.74, 6) is -0.326. The van der Waals surface area contributed by atoms with Crippen LogP contribution < -0.4 is 30.2 Å². The number of nitrogens with one attached hydrogen (secondary N) is 3. The van der Waals surface area contributed by atoms with Crippen LogP contribution in [0.5, 0.6) is 17.2 Å². The Morgan fingerprint density at radius 1 is 0.862 bits per heavy atom. The lowest BCUT2D eigenvalue weighted by molar-refractivity contribution is -0.115. The molecule has 1 aliphatic rings. The van der Waals surface area contributed by atoms with Gasteiger partial charge in [0, 0.05) is 21.0 Å². The third kappa shape index (κ3) is 9.90. The maximum Gasteiger partial charge on any atom is 0.341 e. The number of methoxy groups -OCH3 is 3. The van der Waals surface area contributed by atoms with E-state index < -0.39 is 23.0 Å². The number of thioether (sulfide) groups is 1. The van der Waals surface area contributed by atoms with Crippen molar-refractivity contribution >= 4 is 63.6 Å². The number of carbonyl (C=O) groups excluding carboxylic acids is 4. The molecule has 4 aromatic carbocycles. The normalized spacial score (nSPS) is 14.0. The van der Waals surface area contributed by atoms with E-state index in [1.165, 1.54) is 56.1 Å². The van der Waals surface area contributed by atoms with Crippen LogP contribution >= 0.6 is 23.1 Å². The lowest BCUT2D eigenvalue weighted by Gasteiger charge is -2.23. The van der Waals surface area contributed by atoms with Gasteiger partial charge in [0.1, 0.15) is 10.7 Å². The smallest absolute Gasteiger partial charge is 0.341 e. The monoisotopic (exact) mass is 819 g/mol. The number of fused-ring (bicyclic) bond motifs is 1. The van der Waals surface area contributed by atoms with E-state index in [9.17, 15) is 19.2 Å². The molecule has 0 aliphatic heterocycles. The summed E-state index contributed by atoms with van der Waals surface area (Å²) in [5.41, 5.74) is 3.93. The molecule has 0 radical (unpaired) electrons. The van der Waals surface area contributed by atoms with Crippen LogP contribution in [0.1, 0.15) is 68.5 Å². The van der Waals surface area contributed by atoms with Crippen LogP contribution in [0.3, 0.4) is 0 Å². The number of hydrogen-bond acceptors (Lipinski definition) is 10. The highest BCUT2D eigenvalue weighted by Crippen LogP contribution is 2.43. The highest BCUT2D eigenvalue weighted by atomic mass is 32.2. The topological polar surface area (TPSA) is 141 Å². The number of carbonyl (C=O) groups is 4. The first-order chi connectivity index (χ1) is 28.1. The molecule has 0 bridgehead atoms. The van der Waals surface area contributed by atoms with Gasteiger partial charge >= 0.3 is 5.97 Å². The number of esters is 1. The molecule has 3 N–H and O–H groups in total. The minimum absolute atomic E-state index is 0.0416. The molecule has 300 valence electrons. The van der Waals surface area contributed by atoms with Crippen LogP contribution in [0, 0.1) is 0 Å². The van der Waals surface area contributed by atoms with E-state index in [4.69, 9.17) is 18.9 Å². The second kappa shape index (κ2) is 19.4. The van der Waals surface area contributed by atoms with Gasteiger partial charge in [0.2, 0.25) is 11.7 Å². The Hall–Kier alpha value is -6.05. The Morgan fingerprint density at radius 3 is 2.21 bits per heavy atom. The van der Waals surface area contributed by atoms with Gasteiger partial charge in [-0.25, -0.2) is 4.79 Å². The molecule has 0 saturated carbocycles. The van der Waals surface area contributed by atoms with Crippen LogP contribution in [0.15, 0.2) is 108 Å². The third-order valence-corrected chi connectivity index (χ3v) is 11.8. The van der Waals surface area contributed by atoms with Gasteiger partial charge in [-0.15, -0.1) is 23.1 Å². The first kappa shape index (κ1) is 41.6. The minimum Gasteiger partial charge on any atom is -0.493 e. The van der Waals surface area contributed by atoms with Crippen molar-refractivity contribution in [2.24, 2.45) is 0 Å². The zero-order valence-corrected chi connectivity index (χ0v) is 34.5. The van der Waals surface area contributed by atoms with Crippen LogP contribution in [0.4, 0.5) is 10.7 Å². The molecule has 1 heterocycles. The maximum atomic E-state index is 13.9. The van der Waals surface area contributed by atoms with Crippen molar-refractivity contribution in [3.05, 3.63) is 135 Å². The van der Waals surface area contributed by atoms with E-state index in [2.05, 4.69) is 28.1 Å². The molecular formula is C45H45N3O8S2. The summed E-state index contributed by atoms with van der Waals surface area (Å²) >= 11 is 2.74. The predicted molar refractivity (Wildman–Crippen MR) is 228 cm³/mol. The van der Waals surface area contributed by atoms with Crippen LogP contribution in [-0.4, -0.2) is 56.9 Å². The average molecular weight is 820 g/mol. The van der Waals surface area contributed by atoms with Gasteiger partial charge in [-0.2, -0.15) is 0 Å². The van der Waals surface area contributed by atoms with Crippen LogP contribution in [0.25, 0.3) is 6.08 Å². The Morgan fingerprint density at radius 2 is 1.55 bits per heavy atom. The third-order valence-electron chi connectivity index (χ3n) is 9.55. The van der Waals surface area contributed by atoms with Gasteiger partial charge in [-0.3, -0.25) is 14.4 Å².